The van der Waals surface area contributed by atoms with Gasteiger partial charge in [-0.05, 0) is 19.3 Å². The summed E-state index contributed by atoms with van der Waals surface area (Å²) in [4.78, 5) is 9.15. The highest BCUT2D eigenvalue weighted by atomic mass is 32.1. The van der Waals surface area contributed by atoms with Crippen molar-refractivity contribution in [2.75, 3.05) is 18.0 Å². The number of aryl methyl sites for hydroxylation is 1. The third-order valence-corrected chi connectivity index (χ3v) is 5.13. The number of anilines is 1. The summed E-state index contributed by atoms with van der Waals surface area (Å²) in [5.74, 6) is 0.658. The number of alkyl halides is 3. The zero-order valence-electron chi connectivity index (χ0n) is 12.5. The fraction of sp³-hybridized carbons (Fsp3) is 0.571. The fourth-order valence-electron chi connectivity index (χ4n) is 2.60. The minimum Gasteiger partial charge on any atom is -0.356 e. The molecule has 0 saturated carbocycles. The lowest BCUT2D eigenvalue weighted by molar-refractivity contribution is -0.141. The number of halogens is 3. The zero-order valence-corrected chi connectivity index (χ0v) is 13.4. The van der Waals surface area contributed by atoms with E-state index in [0.29, 0.717) is 24.8 Å². The summed E-state index contributed by atoms with van der Waals surface area (Å²) in [6.07, 6.45) is -0.924. The van der Waals surface area contributed by atoms with Crippen molar-refractivity contribution in [3.8, 4) is 0 Å². The zero-order chi connectivity index (χ0) is 16.4. The number of aromatic nitrogens is 4. The molecule has 3 rings (SSSR count). The molecule has 23 heavy (non-hydrogen) atoms. The number of rotatable bonds is 3. The summed E-state index contributed by atoms with van der Waals surface area (Å²) in [6, 6.07) is 1.01. The Morgan fingerprint density at radius 2 is 1.96 bits per heavy atom. The van der Waals surface area contributed by atoms with E-state index in [1.807, 2.05) is 11.8 Å². The predicted octanol–water partition coefficient (Wildman–Crippen LogP) is 3.29. The molecule has 5 nitrogen and oxygen atoms in total. The fourth-order valence-corrected chi connectivity index (χ4v) is 3.56. The Bertz CT molecular complexity index is 664. The molecule has 0 bridgehead atoms. The maximum Gasteiger partial charge on any atom is 0.433 e. The molecule has 2 aromatic heterocycles. The molecule has 1 saturated heterocycles. The van der Waals surface area contributed by atoms with Crippen LogP contribution in [0.1, 0.15) is 41.4 Å². The molecule has 0 atom stereocenters. The second-order valence-corrected chi connectivity index (χ2v) is 6.50. The first-order valence-electron chi connectivity index (χ1n) is 7.44. The van der Waals surface area contributed by atoms with Gasteiger partial charge in [0.1, 0.15) is 27.9 Å². The van der Waals surface area contributed by atoms with Crippen LogP contribution in [0, 0.1) is 0 Å². The van der Waals surface area contributed by atoms with Gasteiger partial charge in [-0.3, -0.25) is 0 Å². The highest BCUT2D eigenvalue weighted by molar-refractivity contribution is 7.11. The van der Waals surface area contributed by atoms with Gasteiger partial charge in [-0.1, -0.05) is 6.92 Å². The molecule has 1 fully saturated rings. The Morgan fingerprint density at radius 3 is 2.57 bits per heavy atom. The summed E-state index contributed by atoms with van der Waals surface area (Å²) < 4.78 is 38.2. The van der Waals surface area contributed by atoms with Crippen molar-refractivity contribution < 1.29 is 13.2 Å². The molecule has 124 valence electrons. The molecule has 0 aliphatic carbocycles. The van der Waals surface area contributed by atoms with Crippen LogP contribution in [0.5, 0.6) is 0 Å². The summed E-state index contributed by atoms with van der Waals surface area (Å²) in [5, 5.41) is 10.4. The van der Waals surface area contributed by atoms with Crippen LogP contribution in [-0.2, 0) is 12.6 Å². The topological polar surface area (TPSA) is 54.8 Å². The van der Waals surface area contributed by atoms with Gasteiger partial charge in [-0.25, -0.2) is 9.97 Å². The standard InChI is InChI=1S/C14H16F3N5S/c1-2-12-20-21-13(23-12)9-3-5-22(6-4-9)11-7-10(14(15,16)17)18-8-19-11/h7-9H,2-6H2,1H3. The van der Waals surface area contributed by atoms with E-state index in [9.17, 15) is 13.2 Å². The van der Waals surface area contributed by atoms with Crippen LogP contribution in [-0.4, -0.2) is 33.3 Å². The number of hydrogen-bond acceptors (Lipinski definition) is 6. The average molecular weight is 343 g/mol. The van der Waals surface area contributed by atoms with Crippen molar-refractivity contribution in [2.24, 2.45) is 0 Å². The number of hydrogen-bond donors (Lipinski definition) is 0. The number of piperidine rings is 1. The Labute approximate surface area is 135 Å². The van der Waals surface area contributed by atoms with E-state index in [0.717, 1.165) is 41.7 Å². The maximum absolute atomic E-state index is 12.7. The molecule has 3 heterocycles. The highest BCUT2D eigenvalue weighted by Crippen LogP contribution is 2.33. The van der Waals surface area contributed by atoms with Gasteiger partial charge < -0.3 is 4.90 Å². The third-order valence-electron chi connectivity index (χ3n) is 3.90. The molecule has 0 unspecified atom stereocenters. The van der Waals surface area contributed by atoms with Crippen molar-refractivity contribution in [1.29, 1.82) is 0 Å². The van der Waals surface area contributed by atoms with Crippen LogP contribution in [0.4, 0.5) is 19.0 Å². The van der Waals surface area contributed by atoms with Gasteiger partial charge in [-0.15, -0.1) is 21.5 Å². The van der Waals surface area contributed by atoms with E-state index < -0.39 is 11.9 Å². The molecule has 9 heteroatoms. The van der Waals surface area contributed by atoms with Crippen molar-refractivity contribution in [3.63, 3.8) is 0 Å². The highest BCUT2D eigenvalue weighted by Gasteiger charge is 2.33. The molecule has 1 aliphatic rings. The van der Waals surface area contributed by atoms with E-state index in [-0.39, 0.29) is 0 Å². The molecule has 0 aromatic carbocycles. The minimum atomic E-state index is -4.45. The van der Waals surface area contributed by atoms with Crippen LogP contribution >= 0.6 is 11.3 Å². The lowest BCUT2D eigenvalue weighted by atomic mass is 9.97. The van der Waals surface area contributed by atoms with Crippen molar-refractivity contribution in [1.82, 2.24) is 20.2 Å². The second-order valence-electron chi connectivity index (χ2n) is 5.41. The van der Waals surface area contributed by atoms with E-state index >= 15 is 0 Å². The Hall–Kier alpha value is -1.77. The van der Waals surface area contributed by atoms with Crippen LogP contribution in [0.3, 0.4) is 0 Å². The minimum absolute atomic E-state index is 0.327. The van der Waals surface area contributed by atoms with E-state index in [4.69, 9.17) is 0 Å². The summed E-state index contributed by atoms with van der Waals surface area (Å²) in [6.45, 7) is 3.35. The van der Waals surface area contributed by atoms with E-state index in [1.54, 1.807) is 11.3 Å². The van der Waals surface area contributed by atoms with Crippen LogP contribution in [0.15, 0.2) is 12.4 Å². The first-order valence-corrected chi connectivity index (χ1v) is 8.25. The molecular weight excluding hydrogens is 327 g/mol. The van der Waals surface area contributed by atoms with E-state index in [1.165, 1.54) is 0 Å². The van der Waals surface area contributed by atoms with Gasteiger partial charge in [0.05, 0.1) is 0 Å². The van der Waals surface area contributed by atoms with Crippen molar-refractivity contribution >= 4 is 17.2 Å². The summed E-state index contributed by atoms with van der Waals surface area (Å²) >= 11 is 1.63. The Morgan fingerprint density at radius 1 is 1.22 bits per heavy atom. The SMILES string of the molecule is CCc1nnc(C2CCN(c3cc(C(F)(F)F)ncn3)CC2)s1. The average Bonchev–Trinajstić information content (AvgIpc) is 3.03. The molecule has 0 radical (unpaired) electrons. The summed E-state index contributed by atoms with van der Waals surface area (Å²) in [5.41, 5.74) is -0.902. The van der Waals surface area contributed by atoms with Crippen LogP contribution in [0.25, 0.3) is 0 Å². The van der Waals surface area contributed by atoms with E-state index in [2.05, 4.69) is 20.2 Å². The molecular formula is C14H16F3N5S. The summed E-state index contributed by atoms with van der Waals surface area (Å²) in [7, 11) is 0. The van der Waals surface area contributed by atoms with Gasteiger partial charge in [0.15, 0.2) is 0 Å². The third kappa shape index (κ3) is 3.60. The van der Waals surface area contributed by atoms with Gasteiger partial charge in [-0.2, -0.15) is 13.2 Å². The molecule has 0 amide bonds. The molecule has 0 spiro atoms. The van der Waals surface area contributed by atoms with Gasteiger partial charge >= 0.3 is 6.18 Å². The van der Waals surface area contributed by atoms with Crippen LogP contribution in [0.2, 0.25) is 0 Å². The Balaban J connectivity index is 1.67. The largest absolute Gasteiger partial charge is 0.433 e. The normalized spacial score (nSPS) is 16.8. The predicted molar refractivity (Wildman–Crippen MR) is 80.5 cm³/mol. The van der Waals surface area contributed by atoms with Gasteiger partial charge in [0.25, 0.3) is 0 Å². The smallest absolute Gasteiger partial charge is 0.356 e. The molecule has 0 N–H and O–H groups in total. The lowest BCUT2D eigenvalue weighted by Crippen LogP contribution is -2.33. The Kier molecular flexibility index (Phi) is 4.47. The first-order chi connectivity index (χ1) is 11.0. The molecule has 1 aliphatic heterocycles. The maximum atomic E-state index is 12.7. The van der Waals surface area contributed by atoms with Crippen molar-refractivity contribution in [2.45, 2.75) is 38.3 Å². The van der Waals surface area contributed by atoms with Crippen molar-refractivity contribution in [3.05, 3.63) is 28.1 Å². The van der Waals surface area contributed by atoms with Gasteiger partial charge in [0.2, 0.25) is 0 Å². The lowest BCUT2D eigenvalue weighted by Gasteiger charge is -2.31. The second kappa shape index (κ2) is 6.38. The quantitative estimate of drug-likeness (QED) is 0.856. The van der Waals surface area contributed by atoms with Gasteiger partial charge in [0, 0.05) is 25.1 Å². The molecule has 2 aromatic rings. The number of nitrogens with zero attached hydrogens (tertiary/aromatic N) is 5. The first kappa shape index (κ1) is 16.1. The van der Waals surface area contributed by atoms with Crippen LogP contribution < -0.4 is 4.90 Å². The monoisotopic (exact) mass is 343 g/mol.